The number of hydrogen-bond donors (Lipinski definition) is 3. The molecule has 0 fully saturated rings. The van der Waals surface area contributed by atoms with Crippen molar-refractivity contribution in [3.05, 3.63) is 77.6 Å². The van der Waals surface area contributed by atoms with Crippen LogP contribution in [-0.4, -0.2) is 31.8 Å². The van der Waals surface area contributed by atoms with Crippen molar-refractivity contribution in [1.29, 1.82) is 0 Å². The molecule has 0 bridgehead atoms. The second-order valence-corrected chi connectivity index (χ2v) is 9.31. The van der Waals surface area contributed by atoms with Gasteiger partial charge in [-0.2, -0.15) is 10.2 Å². The van der Waals surface area contributed by atoms with Crippen LogP contribution in [-0.2, 0) is 19.7 Å². The number of ether oxygens (including phenoxy) is 1. The Bertz CT molecular complexity index is 1080. The van der Waals surface area contributed by atoms with Gasteiger partial charge in [-0.1, -0.05) is 36.4 Å². The molecule has 0 aliphatic carbocycles. The van der Waals surface area contributed by atoms with Crippen molar-refractivity contribution in [2.24, 2.45) is 0 Å². The molecule has 0 amide bonds. The van der Waals surface area contributed by atoms with Crippen molar-refractivity contribution in [3.63, 3.8) is 0 Å². The van der Waals surface area contributed by atoms with E-state index in [1.165, 1.54) is 21.6 Å². The molecule has 8 nitrogen and oxygen atoms in total. The van der Waals surface area contributed by atoms with E-state index in [0.29, 0.717) is 24.7 Å². The number of aliphatic hydroxyl groups is 1. The normalized spacial score (nSPS) is 11.1. The molecular weight excluding hydrogens is 444 g/mol. The fourth-order valence-electron chi connectivity index (χ4n) is 3.05. The molecule has 0 saturated carbocycles. The smallest absolute Gasteiger partial charge is 0.136 e. The minimum absolute atomic E-state index is 0.0298. The second-order valence-electron chi connectivity index (χ2n) is 7.09. The Morgan fingerprint density at radius 2 is 1.22 bits per heavy atom. The van der Waals surface area contributed by atoms with Crippen LogP contribution in [0.4, 0.5) is 11.6 Å². The summed E-state index contributed by atoms with van der Waals surface area (Å²) < 4.78 is 8.72. The van der Waals surface area contributed by atoms with E-state index >= 15 is 0 Å². The molecule has 2 heterocycles. The Labute approximate surface area is 194 Å². The number of hydrogen-bond acceptors (Lipinski definition) is 8. The van der Waals surface area contributed by atoms with E-state index in [1.54, 1.807) is 28.9 Å². The van der Waals surface area contributed by atoms with Gasteiger partial charge in [-0.25, -0.2) is 9.36 Å². The van der Waals surface area contributed by atoms with Crippen molar-refractivity contribution in [2.75, 3.05) is 18.6 Å². The Morgan fingerprint density at radius 1 is 0.781 bits per heavy atom. The molecule has 0 saturated heterocycles. The molecule has 0 unspecified atom stereocenters. The summed E-state index contributed by atoms with van der Waals surface area (Å²) in [7, 11) is 4.65. The van der Waals surface area contributed by atoms with Gasteiger partial charge in [0.15, 0.2) is 0 Å². The Balaban J connectivity index is 1.38. The number of aliphatic hydroxyl groups excluding tert-OH is 1. The number of aromatic nitrogens is 4. The zero-order valence-corrected chi connectivity index (χ0v) is 19.1. The standard InChI is InChI=1S/C22H24N6O2S2/c1-30-18-8-6-16(7-9-18)13-28-22(24)20(11-26-28)32-31-19-10-25-27(21(19)23)12-15-2-4-17(14-29)5-3-15/h2-11,29H,12-14,23-24H2,1H3. The van der Waals surface area contributed by atoms with E-state index in [4.69, 9.17) is 16.2 Å². The molecular formula is C22H24N6O2S2. The van der Waals surface area contributed by atoms with Gasteiger partial charge in [-0.15, -0.1) is 0 Å². The summed E-state index contributed by atoms with van der Waals surface area (Å²) in [5.41, 5.74) is 15.6. The molecule has 0 aliphatic rings. The van der Waals surface area contributed by atoms with E-state index in [2.05, 4.69) is 10.2 Å². The van der Waals surface area contributed by atoms with Crippen LogP contribution in [0, 0.1) is 0 Å². The van der Waals surface area contributed by atoms with Crippen LogP contribution in [0.25, 0.3) is 0 Å². The van der Waals surface area contributed by atoms with Gasteiger partial charge >= 0.3 is 0 Å². The van der Waals surface area contributed by atoms with Crippen molar-refractivity contribution in [3.8, 4) is 5.75 Å². The van der Waals surface area contributed by atoms with Gasteiger partial charge in [0.25, 0.3) is 0 Å². The van der Waals surface area contributed by atoms with Crippen molar-refractivity contribution >= 4 is 33.2 Å². The van der Waals surface area contributed by atoms with E-state index in [1.807, 2.05) is 48.5 Å². The number of nitrogens with two attached hydrogens (primary N) is 2. The SMILES string of the molecule is COc1ccc(Cn2ncc(SSc3cnn(Cc4ccc(CO)cc4)c3N)c2N)cc1. The first-order valence-corrected chi connectivity index (χ1v) is 12.0. The second kappa shape index (κ2) is 10.0. The van der Waals surface area contributed by atoms with Crippen molar-refractivity contribution < 1.29 is 9.84 Å². The highest BCUT2D eigenvalue weighted by atomic mass is 33.1. The van der Waals surface area contributed by atoms with Crippen molar-refractivity contribution in [1.82, 2.24) is 19.6 Å². The first-order valence-electron chi connectivity index (χ1n) is 9.86. The third kappa shape index (κ3) is 5.04. The fraction of sp³-hybridized carbons (Fsp3) is 0.182. The number of anilines is 2. The van der Waals surface area contributed by atoms with E-state index < -0.39 is 0 Å². The summed E-state index contributed by atoms with van der Waals surface area (Å²) in [5.74, 6) is 2.02. The van der Waals surface area contributed by atoms with E-state index in [9.17, 15) is 5.11 Å². The molecule has 0 atom stereocenters. The summed E-state index contributed by atoms with van der Waals surface area (Å²) >= 11 is 0. The zero-order valence-electron chi connectivity index (χ0n) is 17.5. The van der Waals surface area contributed by atoms with E-state index in [-0.39, 0.29) is 6.61 Å². The van der Waals surface area contributed by atoms with Crippen LogP contribution in [0.5, 0.6) is 5.75 Å². The third-order valence-electron chi connectivity index (χ3n) is 4.94. The lowest BCUT2D eigenvalue weighted by atomic mass is 10.1. The first-order chi connectivity index (χ1) is 15.6. The fourth-order valence-corrected chi connectivity index (χ4v) is 5.10. The highest BCUT2D eigenvalue weighted by Gasteiger charge is 2.13. The molecule has 166 valence electrons. The molecule has 10 heteroatoms. The van der Waals surface area contributed by atoms with Crippen LogP contribution in [0.1, 0.15) is 16.7 Å². The molecule has 2 aromatic heterocycles. The molecule has 2 aromatic carbocycles. The number of rotatable bonds is 9. The number of nitrogens with zero attached hydrogens (tertiary/aromatic N) is 4. The van der Waals surface area contributed by atoms with Gasteiger partial charge in [0.05, 0.1) is 49.0 Å². The predicted octanol–water partition coefficient (Wildman–Crippen LogP) is 3.64. The first kappa shape index (κ1) is 22.1. The average molecular weight is 469 g/mol. The lowest BCUT2D eigenvalue weighted by Crippen LogP contribution is -2.06. The molecule has 0 aliphatic heterocycles. The Hall–Kier alpha value is -3.08. The quantitative estimate of drug-likeness (QED) is 0.319. The van der Waals surface area contributed by atoms with Gasteiger partial charge in [0, 0.05) is 0 Å². The minimum Gasteiger partial charge on any atom is -0.497 e. The molecule has 0 radical (unpaired) electrons. The van der Waals surface area contributed by atoms with Crippen LogP contribution in [0.15, 0.2) is 70.7 Å². The predicted molar refractivity (Wildman–Crippen MR) is 129 cm³/mol. The number of nitrogen functional groups attached to an aromatic ring is 2. The maximum Gasteiger partial charge on any atom is 0.136 e. The lowest BCUT2D eigenvalue weighted by molar-refractivity contribution is 0.282. The molecule has 0 spiro atoms. The van der Waals surface area contributed by atoms with Crippen LogP contribution in [0.2, 0.25) is 0 Å². The van der Waals surface area contributed by atoms with Gasteiger partial charge in [-0.3, -0.25) is 0 Å². The minimum atomic E-state index is 0.0298. The summed E-state index contributed by atoms with van der Waals surface area (Å²) in [5, 5.41) is 18.0. The van der Waals surface area contributed by atoms with Gasteiger partial charge in [-0.05, 0) is 50.4 Å². The highest BCUT2D eigenvalue weighted by molar-refractivity contribution is 8.76. The highest BCUT2D eigenvalue weighted by Crippen LogP contribution is 2.42. The molecule has 5 N–H and O–H groups in total. The van der Waals surface area contributed by atoms with Gasteiger partial charge in [0.1, 0.15) is 17.4 Å². The zero-order chi connectivity index (χ0) is 22.5. The summed E-state index contributed by atoms with van der Waals surface area (Å²) in [6.45, 7) is 1.17. The van der Waals surface area contributed by atoms with Crippen LogP contribution < -0.4 is 16.2 Å². The molecule has 4 aromatic rings. The maximum absolute atomic E-state index is 9.17. The van der Waals surface area contributed by atoms with Gasteiger partial charge in [0.2, 0.25) is 0 Å². The van der Waals surface area contributed by atoms with E-state index in [0.717, 1.165) is 32.2 Å². The Kier molecular flexibility index (Phi) is 6.93. The monoisotopic (exact) mass is 468 g/mol. The maximum atomic E-state index is 9.17. The molecule has 4 rings (SSSR count). The van der Waals surface area contributed by atoms with Crippen LogP contribution in [0.3, 0.4) is 0 Å². The summed E-state index contributed by atoms with van der Waals surface area (Å²) in [4.78, 5) is 1.74. The molecule has 32 heavy (non-hydrogen) atoms. The van der Waals surface area contributed by atoms with Crippen molar-refractivity contribution in [2.45, 2.75) is 29.5 Å². The average Bonchev–Trinajstić information content (AvgIpc) is 3.35. The third-order valence-corrected chi connectivity index (χ3v) is 7.34. The number of benzene rings is 2. The largest absolute Gasteiger partial charge is 0.497 e. The van der Waals surface area contributed by atoms with Crippen LogP contribution >= 0.6 is 21.6 Å². The van der Waals surface area contributed by atoms with Gasteiger partial charge < -0.3 is 21.3 Å². The number of methoxy groups -OCH3 is 1. The summed E-state index contributed by atoms with van der Waals surface area (Å²) in [6.07, 6.45) is 3.52. The summed E-state index contributed by atoms with van der Waals surface area (Å²) in [6, 6.07) is 15.5. The topological polar surface area (TPSA) is 117 Å². The Morgan fingerprint density at radius 3 is 1.66 bits per heavy atom. The lowest BCUT2D eigenvalue weighted by Gasteiger charge is -2.07.